The average molecular weight is 402 g/mol. The summed E-state index contributed by atoms with van der Waals surface area (Å²) < 4.78 is 37.9. The first-order valence-corrected chi connectivity index (χ1v) is 9.12. The van der Waals surface area contributed by atoms with Gasteiger partial charge in [0.15, 0.2) is 5.11 Å². The van der Waals surface area contributed by atoms with Crippen LogP contribution in [0.25, 0.3) is 0 Å². The molecule has 1 fully saturated rings. The highest BCUT2D eigenvalue weighted by Gasteiger charge is 2.36. The molecule has 2 aromatic heterocycles. The standard InChI is InChI=1S/C15H17F3N6S2/c1-9-7-10(2)19-11(8-9)20-13(25)23-3-5-24(6-4-23)14-22-21-12(26-14)15(16,17)18/h7-8H,3-6H2,1-2H3,(H,19,20,25). The van der Waals surface area contributed by atoms with Crippen molar-refractivity contribution in [3.05, 3.63) is 28.4 Å². The van der Waals surface area contributed by atoms with E-state index in [4.69, 9.17) is 12.2 Å². The van der Waals surface area contributed by atoms with Crippen molar-refractivity contribution in [2.24, 2.45) is 0 Å². The van der Waals surface area contributed by atoms with Crippen molar-refractivity contribution in [3.63, 3.8) is 0 Å². The van der Waals surface area contributed by atoms with Crippen LogP contribution in [0.15, 0.2) is 12.1 Å². The van der Waals surface area contributed by atoms with Crippen LogP contribution in [0.2, 0.25) is 0 Å². The molecule has 0 saturated carbocycles. The number of aryl methyl sites for hydroxylation is 2. The molecule has 0 radical (unpaired) electrons. The number of alkyl halides is 3. The topological polar surface area (TPSA) is 57.2 Å². The molecule has 0 amide bonds. The molecule has 1 saturated heterocycles. The second-order valence-electron chi connectivity index (χ2n) is 5.96. The number of thiocarbonyl (C=S) groups is 1. The van der Waals surface area contributed by atoms with E-state index in [1.54, 1.807) is 4.90 Å². The second-order valence-corrected chi connectivity index (χ2v) is 7.31. The van der Waals surface area contributed by atoms with Crippen molar-refractivity contribution >= 4 is 39.6 Å². The summed E-state index contributed by atoms with van der Waals surface area (Å²) in [6.45, 7) is 6.11. The average Bonchev–Trinajstić information content (AvgIpc) is 3.04. The summed E-state index contributed by atoms with van der Waals surface area (Å²) in [5.41, 5.74) is 1.99. The van der Waals surface area contributed by atoms with Crippen LogP contribution in [0, 0.1) is 13.8 Å². The fraction of sp³-hybridized carbons (Fsp3) is 0.467. The van der Waals surface area contributed by atoms with Crippen LogP contribution in [0.1, 0.15) is 16.3 Å². The van der Waals surface area contributed by atoms with E-state index in [9.17, 15) is 13.2 Å². The lowest BCUT2D eigenvalue weighted by atomic mass is 10.2. The van der Waals surface area contributed by atoms with E-state index in [0.29, 0.717) is 48.4 Å². The number of hydrogen-bond acceptors (Lipinski definition) is 6. The molecule has 2 aromatic rings. The van der Waals surface area contributed by atoms with Gasteiger partial charge >= 0.3 is 6.18 Å². The predicted molar refractivity (Wildman–Crippen MR) is 98.6 cm³/mol. The van der Waals surface area contributed by atoms with Crippen LogP contribution < -0.4 is 10.2 Å². The highest BCUT2D eigenvalue weighted by atomic mass is 32.1. The van der Waals surface area contributed by atoms with Gasteiger partial charge in [-0.25, -0.2) is 4.98 Å². The molecule has 0 aliphatic carbocycles. The fourth-order valence-corrected chi connectivity index (χ4v) is 3.70. The number of anilines is 2. The van der Waals surface area contributed by atoms with Crippen LogP contribution in [0.3, 0.4) is 0 Å². The van der Waals surface area contributed by atoms with E-state index >= 15 is 0 Å². The normalized spacial score (nSPS) is 15.3. The maximum Gasteiger partial charge on any atom is 0.445 e. The first kappa shape index (κ1) is 18.8. The molecule has 11 heteroatoms. The van der Waals surface area contributed by atoms with Crippen molar-refractivity contribution in [2.45, 2.75) is 20.0 Å². The quantitative estimate of drug-likeness (QED) is 0.775. The lowest BCUT2D eigenvalue weighted by Gasteiger charge is -2.35. The van der Waals surface area contributed by atoms with Gasteiger partial charge in [0.05, 0.1) is 0 Å². The molecule has 1 aliphatic heterocycles. The molecule has 0 bridgehead atoms. The Labute approximate surface area is 158 Å². The van der Waals surface area contributed by atoms with Gasteiger partial charge in [0.25, 0.3) is 0 Å². The highest BCUT2D eigenvalue weighted by Crippen LogP contribution is 2.34. The fourth-order valence-electron chi connectivity index (χ4n) is 2.65. The number of nitrogens with one attached hydrogen (secondary N) is 1. The summed E-state index contributed by atoms with van der Waals surface area (Å²) >= 11 is 6.00. The molecule has 6 nitrogen and oxygen atoms in total. The number of hydrogen-bond donors (Lipinski definition) is 1. The number of piperazine rings is 1. The molecule has 1 aliphatic rings. The van der Waals surface area contributed by atoms with Gasteiger partial charge in [-0.1, -0.05) is 11.3 Å². The Morgan fingerprint density at radius 2 is 1.85 bits per heavy atom. The van der Waals surface area contributed by atoms with E-state index in [1.165, 1.54) is 0 Å². The smallest absolute Gasteiger partial charge is 0.345 e. The van der Waals surface area contributed by atoms with Gasteiger partial charge in [0.1, 0.15) is 5.82 Å². The molecular weight excluding hydrogens is 385 g/mol. The summed E-state index contributed by atoms with van der Waals surface area (Å²) in [6, 6.07) is 3.89. The molecule has 0 unspecified atom stereocenters. The van der Waals surface area contributed by atoms with E-state index in [2.05, 4.69) is 20.5 Å². The minimum atomic E-state index is -4.46. The number of pyridine rings is 1. The summed E-state index contributed by atoms with van der Waals surface area (Å²) in [4.78, 5) is 8.16. The first-order chi connectivity index (χ1) is 12.2. The SMILES string of the molecule is Cc1cc(C)nc(NC(=S)N2CCN(c3nnc(C(F)(F)F)s3)CC2)c1. The van der Waals surface area contributed by atoms with E-state index in [-0.39, 0.29) is 5.13 Å². The van der Waals surface area contributed by atoms with Crippen molar-refractivity contribution in [1.29, 1.82) is 0 Å². The lowest BCUT2D eigenvalue weighted by molar-refractivity contribution is -0.138. The predicted octanol–water partition coefficient (Wildman–Crippen LogP) is 3.09. The molecule has 0 spiro atoms. The van der Waals surface area contributed by atoms with Gasteiger partial charge in [0, 0.05) is 31.9 Å². The Morgan fingerprint density at radius 3 is 2.42 bits per heavy atom. The maximum atomic E-state index is 12.6. The Hall–Kier alpha value is -2.01. The van der Waals surface area contributed by atoms with E-state index < -0.39 is 11.2 Å². The van der Waals surface area contributed by atoms with Crippen molar-refractivity contribution < 1.29 is 13.2 Å². The minimum Gasteiger partial charge on any atom is -0.345 e. The summed E-state index contributed by atoms with van der Waals surface area (Å²) in [5, 5.41) is 9.93. The molecule has 3 rings (SSSR count). The molecule has 140 valence electrons. The van der Waals surface area contributed by atoms with Crippen LogP contribution in [0.4, 0.5) is 24.1 Å². The first-order valence-electron chi connectivity index (χ1n) is 7.89. The van der Waals surface area contributed by atoms with Crippen LogP contribution in [-0.2, 0) is 6.18 Å². The van der Waals surface area contributed by atoms with Crippen LogP contribution in [0.5, 0.6) is 0 Å². The summed E-state index contributed by atoms with van der Waals surface area (Å²) in [7, 11) is 0. The van der Waals surface area contributed by atoms with Crippen molar-refractivity contribution in [3.8, 4) is 0 Å². The molecule has 0 aromatic carbocycles. The molecule has 26 heavy (non-hydrogen) atoms. The van der Waals surface area contributed by atoms with E-state index in [1.807, 2.05) is 30.9 Å². The van der Waals surface area contributed by atoms with Crippen molar-refractivity contribution in [2.75, 3.05) is 36.4 Å². The van der Waals surface area contributed by atoms with Crippen LogP contribution >= 0.6 is 23.6 Å². The third-order valence-corrected chi connectivity index (χ3v) is 5.22. The second kappa shape index (κ2) is 7.31. The Balaban J connectivity index is 1.58. The third kappa shape index (κ3) is 4.39. The Kier molecular flexibility index (Phi) is 5.28. The van der Waals surface area contributed by atoms with Gasteiger partial charge in [-0.05, 0) is 43.8 Å². The monoisotopic (exact) mass is 402 g/mol. The third-order valence-electron chi connectivity index (χ3n) is 3.83. The largest absolute Gasteiger partial charge is 0.445 e. The van der Waals surface area contributed by atoms with Gasteiger partial charge < -0.3 is 15.1 Å². The molecular formula is C15H17F3N6S2. The summed E-state index contributed by atoms with van der Waals surface area (Å²) in [5.74, 6) is 0.689. The zero-order valence-electron chi connectivity index (χ0n) is 14.2. The molecule has 0 atom stereocenters. The Morgan fingerprint density at radius 1 is 1.15 bits per heavy atom. The lowest BCUT2D eigenvalue weighted by Crippen LogP contribution is -2.50. The number of rotatable bonds is 2. The van der Waals surface area contributed by atoms with E-state index in [0.717, 1.165) is 11.3 Å². The van der Waals surface area contributed by atoms with Crippen molar-refractivity contribution in [1.82, 2.24) is 20.1 Å². The number of halogens is 3. The highest BCUT2D eigenvalue weighted by molar-refractivity contribution is 7.80. The molecule has 1 N–H and O–H groups in total. The van der Waals surface area contributed by atoms with Gasteiger partial charge in [-0.3, -0.25) is 0 Å². The maximum absolute atomic E-state index is 12.6. The van der Waals surface area contributed by atoms with Gasteiger partial charge in [0.2, 0.25) is 10.1 Å². The zero-order valence-corrected chi connectivity index (χ0v) is 15.8. The van der Waals surface area contributed by atoms with Gasteiger partial charge in [-0.15, -0.1) is 10.2 Å². The summed E-state index contributed by atoms with van der Waals surface area (Å²) in [6.07, 6.45) is -4.46. The van der Waals surface area contributed by atoms with Crippen LogP contribution in [-0.4, -0.2) is 51.4 Å². The number of aromatic nitrogens is 3. The van der Waals surface area contributed by atoms with Gasteiger partial charge in [-0.2, -0.15) is 13.2 Å². The number of nitrogens with zero attached hydrogens (tertiary/aromatic N) is 5. The minimum absolute atomic E-state index is 0.284. The Bertz CT molecular complexity index is 779. The zero-order chi connectivity index (χ0) is 18.9. The molecule has 3 heterocycles.